The Hall–Kier alpha value is -5.38. The van der Waals surface area contributed by atoms with Crippen LogP contribution in [0.4, 0.5) is 0 Å². The predicted octanol–water partition coefficient (Wildman–Crippen LogP) is 3.76. The molecule has 226 valence electrons. The minimum atomic E-state index is -1.49. The maximum Gasteiger partial charge on any atom is 0.252 e. The quantitative estimate of drug-likeness (QED) is 0.136. The molecule has 3 atom stereocenters. The first kappa shape index (κ1) is 31.1. The summed E-state index contributed by atoms with van der Waals surface area (Å²) in [6.45, 7) is 0. The molecule has 9 nitrogen and oxygen atoms in total. The molecular weight excluding hydrogens is 566 g/mol. The van der Waals surface area contributed by atoms with E-state index in [0.29, 0.717) is 27.7 Å². The minimum absolute atomic E-state index is 0.135. The third-order valence-electron chi connectivity index (χ3n) is 7.65. The van der Waals surface area contributed by atoms with E-state index < -0.39 is 53.7 Å². The lowest BCUT2D eigenvalue weighted by Crippen LogP contribution is -2.50. The third kappa shape index (κ3) is 7.41. The Morgan fingerprint density at radius 1 is 0.689 bits per heavy atom. The number of ketones is 3. The van der Waals surface area contributed by atoms with Crippen LogP contribution >= 0.6 is 0 Å². The van der Waals surface area contributed by atoms with E-state index in [2.05, 4.69) is 15.3 Å². The standard InChI is InChI=1S/C36H33N5O4/c37-35(38)33(34(44)32(24-13-5-2-6-14-24)28-17-7-8-19-40-28)31(43)22-30(42)29(21-23-11-3-1-4-12-23)41-36(45)26-15-9-18-27-25(26)16-10-20-39-27/h1-20,29,32-33,35H,21-22,37-38H2,(H,41,45)/t29-,32?,33?/m0/s1. The number of amides is 1. The molecule has 2 unspecified atom stereocenters. The highest BCUT2D eigenvalue weighted by Crippen LogP contribution is 2.28. The number of hydrogen-bond acceptors (Lipinski definition) is 8. The van der Waals surface area contributed by atoms with E-state index in [0.717, 1.165) is 5.56 Å². The second-order valence-corrected chi connectivity index (χ2v) is 10.8. The van der Waals surface area contributed by atoms with Gasteiger partial charge in [-0.25, -0.2) is 0 Å². The average Bonchev–Trinajstić information content (AvgIpc) is 3.05. The lowest BCUT2D eigenvalue weighted by Gasteiger charge is -2.25. The molecule has 5 N–H and O–H groups in total. The van der Waals surface area contributed by atoms with Crippen LogP contribution in [0.2, 0.25) is 0 Å². The van der Waals surface area contributed by atoms with Crippen LogP contribution in [0.5, 0.6) is 0 Å². The van der Waals surface area contributed by atoms with Crippen molar-refractivity contribution in [1.82, 2.24) is 15.3 Å². The molecule has 9 heteroatoms. The first-order chi connectivity index (χ1) is 21.8. The van der Waals surface area contributed by atoms with Gasteiger partial charge >= 0.3 is 0 Å². The van der Waals surface area contributed by atoms with Crippen molar-refractivity contribution >= 4 is 34.2 Å². The lowest BCUT2D eigenvalue weighted by atomic mass is 9.80. The van der Waals surface area contributed by atoms with Gasteiger partial charge < -0.3 is 16.8 Å². The van der Waals surface area contributed by atoms with E-state index in [1.807, 2.05) is 36.4 Å². The summed E-state index contributed by atoms with van der Waals surface area (Å²) in [7, 11) is 0. The molecule has 0 aliphatic carbocycles. The molecule has 0 fully saturated rings. The number of rotatable bonds is 13. The van der Waals surface area contributed by atoms with E-state index >= 15 is 0 Å². The summed E-state index contributed by atoms with van der Waals surface area (Å²) in [5, 5.41) is 3.45. The van der Waals surface area contributed by atoms with E-state index in [1.165, 1.54) is 0 Å². The number of aromatic nitrogens is 2. The second kappa shape index (κ2) is 14.4. The number of nitrogens with zero attached hydrogens (tertiary/aromatic N) is 2. The number of nitrogens with two attached hydrogens (primary N) is 2. The molecule has 0 saturated carbocycles. The molecule has 2 heterocycles. The summed E-state index contributed by atoms with van der Waals surface area (Å²) in [5.74, 6) is -4.75. The van der Waals surface area contributed by atoms with Crippen molar-refractivity contribution in [3.05, 3.63) is 144 Å². The summed E-state index contributed by atoms with van der Waals surface area (Å²) < 4.78 is 0. The molecule has 5 rings (SSSR count). The molecule has 0 bridgehead atoms. The third-order valence-corrected chi connectivity index (χ3v) is 7.65. The first-order valence-electron chi connectivity index (χ1n) is 14.6. The van der Waals surface area contributed by atoms with Crippen molar-refractivity contribution in [3.63, 3.8) is 0 Å². The molecule has 2 aromatic heterocycles. The molecule has 5 aromatic rings. The van der Waals surface area contributed by atoms with Gasteiger partial charge in [0.05, 0.1) is 35.8 Å². The number of carbonyl (C=O) groups is 4. The number of Topliss-reactive ketones (excluding diaryl/α,β-unsaturated/α-hetero) is 3. The summed E-state index contributed by atoms with van der Waals surface area (Å²) in [5.41, 5.74) is 14.9. The zero-order chi connectivity index (χ0) is 31.8. The van der Waals surface area contributed by atoms with Gasteiger partial charge in [-0.1, -0.05) is 78.9 Å². The number of pyridine rings is 2. The van der Waals surface area contributed by atoms with Crippen molar-refractivity contribution in [1.29, 1.82) is 0 Å². The van der Waals surface area contributed by atoms with Gasteiger partial charge in [-0.05, 0) is 47.9 Å². The Morgan fingerprint density at radius 3 is 2.07 bits per heavy atom. The van der Waals surface area contributed by atoms with Gasteiger partial charge in [-0.2, -0.15) is 0 Å². The van der Waals surface area contributed by atoms with Gasteiger partial charge in [0.2, 0.25) is 0 Å². The zero-order valence-corrected chi connectivity index (χ0v) is 24.5. The Bertz CT molecular complexity index is 1750. The fourth-order valence-corrected chi connectivity index (χ4v) is 5.45. The van der Waals surface area contributed by atoms with Crippen LogP contribution in [0.25, 0.3) is 10.9 Å². The van der Waals surface area contributed by atoms with Crippen LogP contribution in [-0.4, -0.2) is 45.4 Å². The van der Waals surface area contributed by atoms with Gasteiger partial charge in [0.1, 0.15) is 5.92 Å². The van der Waals surface area contributed by atoms with Crippen molar-refractivity contribution in [2.24, 2.45) is 17.4 Å². The highest BCUT2D eigenvalue weighted by Gasteiger charge is 2.39. The van der Waals surface area contributed by atoms with Gasteiger partial charge in [0, 0.05) is 23.3 Å². The summed E-state index contributed by atoms with van der Waals surface area (Å²) in [6, 6.07) is 30.8. The van der Waals surface area contributed by atoms with Crippen LogP contribution < -0.4 is 16.8 Å². The van der Waals surface area contributed by atoms with Crippen molar-refractivity contribution in [3.8, 4) is 0 Å². The van der Waals surface area contributed by atoms with Gasteiger partial charge in [-0.3, -0.25) is 29.1 Å². The SMILES string of the molecule is NC(N)C(C(=O)CC(=O)[C@H](Cc1ccccc1)NC(=O)c1cccc2ncccc12)C(=O)C(c1ccccc1)c1ccccn1. The minimum Gasteiger partial charge on any atom is -0.342 e. The van der Waals surface area contributed by atoms with E-state index in [1.54, 1.807) is 85.2 Å². The fraction of sp³-hybridized carbons (Fsp3) is 0.167. The Kier molecular flexibility index (Phi) is 9.93. The van der Waals surface area contributed by atoms with Crippen molar-refractivity contribution in [2.45, 2.75) is 31.0 Å². The summed E-state index contributed by atoms with van der Waals surface area (Å²) in [6.07, 6.45) is 1.31. The number of benzene rings is 3. The zero-order valence-electron chi connectivity index (χ0n) is 24.5. The van der Waals surface area contributed by atoms with Crippen LogP contribution in [-0.2, 0) is 20.8 Å². The average molecular weight is 600 g/mol. The van der Waals surface area contributed by atoms with Crippen LogP contribution in [0.3, 0.4) is 0 Å². The maximum absolute atomic E-state index is 14.0. The van der Waals surface area contributed by atoms with Gasteiger partial charge in [-0.15, -0.1) is 0 Å². The molecule has 0 spiro atoms. The summed E-state index contributed by atoms with van der Waals surface area (Å²) >= 11 is 0. The molecule has 45 heavy (non-hydrogen) atoms. The molecule has 0 radical (unpaired) electrons. The van der Waals surface area contributed by atoms with Crippen LogP contribution in [0, 0.1) is 5.92 Å². The van der Waals surface area contributed by atoms with Crippen molar-refractivity contribution < 1.29 is 19.2 Å². The van der Waals surface area contributed by atoms with E-state index in [-0.39, 0.29) is 6.42 Å². The second-order valence-electron chi connectivity index (χ2n) is 10.8. The smallest absolute Gasteiger partial charge is 0.252 e. The maximum atomic E-state index is 14.0. The molecule has 3 aromatic carbocycles. The molecular formula is C36H33N5O4. The van der Waals surface area contributed by atoms with Gasteiger partial charge in [0.15, 0.2) is 17.3 Å². The van der Waals surface area contributed by atoms with E-state index in [4.69, 9.17) is 11.5 Å². The molecule has 0 saturated heterocycles. The molecule has 1 amide bonds. The Morgan fingerprint density at radius 2 is 1.38 bits per heavy atom. The van der Waals surface area contributed by atoms with Crippen molar-refractivity contribution in [2.75, 3.05) is 0 Å². The highest BCUT2D eigenvalue weighted by atomic mass is 16.2. The Balaban J connectivity index is 1.42. The normalized spacial score (nSPS) is 13.1. The summed E-state index contributed by atoms with van der Waals surface area (Å²) in [4.78, 5) is 63.8. The molecule has 0 aliphatic rings. The van der Waals surface area contributed by atoms with Crippen LogP contribution in [0.15, 0.2) is 122 Å². The van der Waals surface area contributed by atoms with Crippen LogP contribution in [0.1, 0.15) is 39.5 Å². The molecule has 0 aliphatic heterocycles. The predicted molar refractivity (Wildman–Crippen MR) is 171 cm³/mol. The number of nitrogens with one attached hydrogen (secondary N) is 1. The largest absolute Gasteiger partial charge is 0.342 e. The Labute approximate surface area is 260 Å². The number of carbonyl (C=O) groups excluding carboxylic acids is 4. The number of hydrogen-bond donors (Lipinski definition) is 3. The topological polar surface area (TPSA) is 158 Å². The first-order valence-corrected chi connectivity index (χ1v) is 14.6. The highest BCUT2D eigenvalue weighted by molar-refractivity contribution is 6.14. The number of fused-ring (bicyclic) bond motifs is 1. The van der Waals surface area contributed by atoms with E-state index in [9.17, 15) is 19.2 Å². The monoisotopic (exact) mass is 599 g/mol. The van der Waals surface area contributed by atoms with Gasteiger partial charge in [0.25, 0.3) is 5.91 Å². The fourth-order valence-electron chi connectivity index (χ4n) is 5.45. The lowest BCUT2D eigenvalue weighted by molar-refractivity contribution is -0.136.